The number of aryl methyl sites for hydroxylation is 1. The molecule has 0 fully saturated rings. The average Bonchev–Trinajstić information content (AvgIpc) is 2.78. The molecule has 1 amide bonds. The maximum absolute atomic E-state index is 10.9. The number of carbonyl (C=O) groups is 1. The number of aromatic nitrogens is 2. The molecule has 0 aliphatic rings. The van der Waals surface area contributed by atoms with Gasteiger partial charge in [0.2, 0.25) is 11.8 Å². The van der Waals surface area contributed by atoms with Crippen molar-refractivity contribution in [2.75, 3.05) is 5.32 Å². The minimum atomic E-state index is -0.0740. The van der Waals surface area contributed by atoms with Gasteiger partial charge in [0.1, 0.15) is 0 Å². The molecule has 0 saturated heterocycles. The van der Waals surface area contributed by atoms with Crippen molar-refractivity contribution in [1.29, 1.82) is 0 Å². The Morgan fingerprint density at radius 1 is 1.37 bits per heavy atom. The van der Waals surface area contributed by atoms with E-state index in [4.69, 9.17) is 4.52 Å². The molecular weight excluding hydrogens is 262 g/mol. The van der Waals surface area contributed by atoms with Gasteiger partial charge in [-0.1, -0.05) is 5.16 Å². The Morgan fingerprint density at radius 2 is 2.05 bits per heavy atom. The highest BCUT2D eigenvalue weighted by Gasteiger charge is 2.14. The minimum Gasteiger partial charge on any atom is -0.338 e. The van der Waals surface area contributed by atoms with E-state index in [1.807, 2.05) is 31.2 Å². The lowest BCUT2D eigenvalue weighted by molar-refractivity contribution is -0.114. The van der Waals surface area contributed by atoms with Crippen LogP contribution >= 0.6 is 11.8 Å². The molecule has 2 aromatic rings. The summed E-state index contributed by atoms with van der Waals surface area (Å²) in [7, 11) is 0. The van der Waals surface area contributed by atoms with E-state index in [1.165, 1.54) is 6.92 Å². The molecule has 1 unspecified atom stereocenters. The summed E-state index contributed by atoms with van der Waals surface area (Å²) in [6.07, 6.45) is 0. The van der Waals surface area contributed by atoms with E-state index in [2.05, 4.69) is 15.5 Å². The van der Waals surface area contributed by atoms with Gasteiger partial charge in [0.25, 0.3) is 0 Å². The molecule has 19 heavy (non-hydrogen) atoms. The predicted octanol–water partition coefficient (Wildman–Crippen LogP) is 3.19. The van der Waals surface area contributed by atoms with Gasteiger partial charge in [0, 0.05) is 17.5 Å². The standard InChI is InChI=1S/C13H15N3O2S/c1-8(13-14-9(2)16-18-13)19-12-6-4-11(5-7-12)15-10(3)17/h4-8H,1-3H3,(H,15,17). The van der Waals surface area contributed by atoms with Crippen LogP contribution in [0.15, 0.2) is 33.7 Å². The molecule has 1 heterocycles. The highest BCUT2D eigenvalue weighted by molar-refractivity contribution is 7.99. The van der Waals surface area contributed by atoms with E-state index >= 15 is 0 Å². The van der Waals surface area contributed by atoms with Gasteiger partial charge in [-0.15, -0.1) is 11.8 Å². The maximum atomic E-state index is 10.9. The summed E-state index contributed by atoms with van der Waals surface area (Å²) in [4.78, 5) is 16.2. The van der Waals surface area contributed by atoms with E-state index in [0.29, 0.717) is 11.7 Å². The smallest absolute Gasteiger partial charge is 0.239 e. The summed E-state index contributed by atoms with van der Waals surface area (Å²) >= 11 is 1.63. The number of benzene rings is 1. The molecule has 1 N–H and O–H groups in total. The molecule has 0 aliphatic carbocycles. The summed E-state index contributed by atoms with van der Waals surface area (Å²) in [5.41, 5.74) is 0.790. The van der Waals surface area contributed by atoms with Crippen LogP contribution in [0.5, 0.6) is 0 Å². The Balaban J connectivity index is 2.01. The van der Waals surface area contributed by atoms with Gasteiger partial charge in [-0.05, 0) is 38.1 Å². The Hall–Kier alpha value is -1.82. The van der Waals surface area contributed by atoms with E-state index in [0.717, 1.165) is 10.6 Å². The van der Waals surface area contributed by atoms with Crippen LogP contribution in [0.2, 0.25) is 0 Å². The monoisotopic (exact) mass is 277 g/mol. The molecule has 0 saturated carbocycles. The van der Waals surface area contributed by atoms with Crippen LogP contribution in [0.1, 0.15) is 30.8 Å². The zero-order valence-corrected chi connectivity index (χ0v) is 11.8. The highest BCUT2D eigenvalue weighted by atomic mass is 32.2. The molecule has 0 radical (unpaired) electrons. The van der Waals surface area contributed by atoms with E-state index in [9.17, 15) is 4.79 Å². The lowest BCUT2D eigenvalue weighted by Gasteiger charge is -2.07. The summed E-state index contributed by atoms with van der Waals surface area (Å²) in [5.74, 6) is 1.19. The number of hydrogen-bond donors (Lipinski definition) is 1. The molecule has 0 bridgehead atoms. The lowest BCUT2D eigenvalue weighted by atomic mass is 10.3. The Kier molecular flexibility index (Phi) is 4.21. The third-order valence-electron chi connectivity index (χ3n) is 2.38. The van der Waals surface area contributed by atoms with Crippen molar-refractivity contribution >= 4 is 23.4 Å². The van der Waals surface area contributed by atoms with Crippen LogP contribution < -0.4 is 5.32 Å². The fourth-order valence-corrected chi connectivity index (χ4v) is 2.45. The summed E-state index contributed by atoms with van der Waals surface area (Å²) in [5, 5.41) is 6.60. The fraction of sp³-hybridized carbons (Fsp3) is 0.308. The summed E-state index contributed by atoms with van der Waals surface area (Å²) in [6, 6.07) is 7.65. The van der Waals surface area contributed by atoms with Crippen molar-refractivity contribution in [3.05, 3.63) is 36.0 Å². The zero-order valence-electron chi connectivity index (χ0n) is 11.0. The van der Waals surface area contributed by atoms with Crippen molar-refractivity contribution in [3.63, 3.8) is 0 Å². The van der Waals surface area contributed by atoms with Gasteiger partial charge >= 0.3 is 0 Å². The van der Waals surface area contributed by atoms with Crippen molar-refractivity contribution in [3.8, 4) is 0 Å². The second kappa shape index (κ2) is 5.88. The predicted molar refractivity (Wildman–Crippen MR) is 74.1 cm³/mol. The quantitative estimate of drug-likeness (QED) is 0.869. The minimum absolute atomic E-state index is 0.0740. The van der Waals surface area contributed by atoms with Crippen LogP contribution in [-0.2, 0) is 4.79 Å². The SMILES string of the molecule is CC(=O)Nc1ccc(SC(C)c2nc(C)no2)cc1. The number of nitrogens with zero attached hydrogens (tertiary/aromatic N) is 2. The number of rotatable bonds is 4. The maximum Gasteiger partial charge on any atom is 0.239 e. The zero-order chi connectivity index (χ0) is 13.8. The van der Waals surface area contributed by atoms with Gasteiger partial charge in [-0.25, -0.2) is 0 Å². The van der Waals surface area contributed by atoms with Crippen LogP contribution in [-0.4, -0.2) is 16.0 Å². The van der Waals surface area contributed by atoms with Crippen molar-refractivity contribution in [2.24, 2.45) is 0 Å². The third kappa shape index (κ3) is 3.82. The number of carbonyl (C=O) groups excluding carboxylic acids is 1. The van der Waals surface area contributed by atoms with Gasteiger partial charge in [-0.3, -0.25) is 4.79 Å². The average molecular weight is 277 g/mol. The largest absolute Gasteiger partial charge is 0.338 e. The molecule has 2 rings (SSSR count). The number of hydrogen-bond acceptors (Lipinski definition) is 5. The molecule has 100 valence electrons. The molecule has 1 aromatic carbocycles. The van der Waals surface area contributed by atoms with Crippen LogP contribution in [0.4, 0.5) is 5.69 Å². The van der Waals surface area contributed by atoms with Crippen molar-refractivity contribution < 1.29 is 9.32 Å². The van der Waals surface area contributed by atoms with Gasteiger partial charge in [0.15, 0.2) is 5.82 Å². The van der Waals surface area contributed by atoms with Crippen LogP contribution in [0.25, 0.3) is 0 Å². The Labute approximate surface area is 115 Å². The summed E-state index contributed by atoms with van der Waals surface area (Å²) in [6.45, 7) is 5.30. The number of anilines is 1. The van der Waals surface area contributed by atoms with E-state index < -0.39 is 0 Å². The Bertz CT molecular complexity index is 566. The van der Waals surface area contributed by atoms with Crippen molar-refractivity contribution in [2.45, 2.75) is 30.9 Å². The highest BCUT2D eigenvalue weighted by Crippen LogP contribution is 2.34. The number of nitrogens with one attached hydrogen (secondary N) is 1. The van der Waals surface area contributed by atoms with Gasteiger partial charge in [0.05, 0.1) is 5.25 Å². The van der Waals surface area contributed by atoms with E-state index in [-0.39, 0.29) is 11.2 Å². The first-order chi connectivity index (χ1) is 9.04. The van der Waals surface area contributed by atoms with Crippen LogP contribution in [0.3, 0.4) is 0 Å². The normalized spacial score (nSPS) is 12.2. The molecule has 5 nitrogen and oxygen atoms in total. The Morgan fingerprint density at radius 3 is 2.58 bits per heavy atom. The molecular formula is C13H15N3O2S. The number of amides is 1. The van der Waals surface area contributed by atoms with Gasteiger partial charge < -0.3 is 9.84 Å². The lowest BCUT2D eigenvalue weighted by Crippen LogP contribution is -2.05. The molecule has 0 aliphatic heterocycles. The van der Waals surface area contributed by atoms with Crippen LogP contribution in [0, 0.1) is 6.92 Å². The second-order valence-electron chi connectivity index (χ2n) is 4.15. The molecule has 0 spiro atoms. The third-order valence-corrected chi connectivity index (χ3v) is 3.48. The number of thioether (sulfide) groups is 1. The first kappa shape index (κ1) is 13.6. The first-order valence-corrected chi connectivity index (χ1v) is 6.77. The molecule has 1 atom stereocenters. The summed E-state index contributed by atoms with van der Waals surface area (Å²) < 4.78 is 5.14. The second-order valence-corrected chi connectivity index (χ2v) is 5.56. The van der Waals surface area contributed by atoms with Crippen molar-refractivity contribution in [1.82, 2.24) is 10.1 Å². The van der Waals surface area contributed by atoms with E-state index in [1.54, 1.807) is 18.7 Å². The molecule has 6 heteroatoms. The van der Waals surface area contributed by atoms with Gasteiger partial charge in [-0.2, -0.15) is 4.98 Å². The topological polar surface area (TPSA) is 68.0 Å². The fourth-order valence-electron chi connectivity index (χ4n) is 1.55. The molecule has 1 aromatic heterocycles. The first-order valence-electron chi connectivity index (χ1n) is 5.89.